The predicted octanol–water partition coefficient (Wildman–Crippen LogP) is 10.5. The van der Waals surface area contributed by atoms with Crippen LogP contribution in [0.4, 0.5) is 4.79 Å². The van der Waals surface area contributed by atoms with E-state index < -0.39 is 23.8 Å². The lowest BCUT2D eigenvalue weighted by molar-refractivity contribution is -0.258. The van der Waals surface area contributed by atoms with E-state index in [4.69, 9.17) is 33.7 Å². The first kappa shape index (κ1) is 50.3. The Balaban J connectivity index is 1.25. The Morgan fingerprint density at radius 3 is 2.31 bits per heavy atom. The minimum Gasteiger partial charge on any atom is -0.459 e. The maximum atomic E-state index is 14.9. The highest BCUT2D eigenvalue weighted by atomic mass is 16.7. The molecule has 67 heavy (non-hydrogen) atoms. The summed E-state index contributed by atoms with van der Waals surface area (Å²) in [6, 6.07) is 10.8. The van der Waals surface area contributed by atoms with Crippen molar-refractivity contribution in [2.24, 2.45) is 28.8 Å². The quantitative estimate of drug-likeness (QED) is 0.0407. The molecule has 368 valence electrons. The Kier molecular flexibility index (Phi) is 18.9. The monoisotopic (exact) mass is 928 g/mol. The van der Waals surface area contributed by atoms with Crippen LogP contribution in [0.3, 0.4) is 0 Å². The van der Waals surface area contributed by atoms with Gasteiger partial charge in [-0.15, -0.1) is 6.58 Å². The number of nitrogens with one attached hydrogen (secondary N) is 1. The van der Waals surface area contributed by atoms with E-state index in [2.05, 4.69) is 24.9 Å². The number of allylic oxidation sites excluding steroid dienone is 1. The first-order valence-electron chi connectivity index (χ1n) is 25.7. The molecule has 2 fully saturated rings. The highest BCUT2D eigenvalue weighted by Crippen LogP contribution is 2.62. The molecular weight excluding hydrogens is 851 g/mol. The average molecular weight is 928 g/mol. The smallest absolute Gasteiger partial charge is 0.412 e. The highest BCUT2D eigenvalue weighted by molar-refractivity contribution is 6.03. The van der Waals surface area contributed by atoms with E-state index in [0.717, 1.165) is 80.2 Å². The van der Waals surface area contributed by atoms with E-state index >= 15 is 0 Å². The van der Waals surface area contributed by atoms with Gasteiger partial charge in [0, 0.05) is 50.1 Å². The third-order valence-electron chi connectivity index (χ3n) is 14.3. The summed E-state index contributed by atoms with van der Waals surface area (Å²) in [5.74, 6) is 0.207. The van der Waals surface area contributed by atoms with Crippen molar-refractivity contribution in [1.29, 1.82) is 0 Å². The van der Waals surface area contributed by atoms with Gasteiger partial charge in [0.2, 0.25) is 18.5 Å². The van der Waals surface area contributed by atoms with Gasteiger partial charge >= 0.3 is 6.09 Å². The fourth-order valence-electron chi connectivity index (χ4n) is 10.9. The molecule has 0 bridgehead atoms. The Hall–Kier alpha value is -4.59. The molecule has 3 N–H and O–H groups in total. The number of hydrogen-bond acceptors (Lipinski definition) is 11. The largest absolute Gasteiger partial charge is 0.459 e. The molecular formula is C54H77N3O10. The molecule has 3 aliphatic carbocycles. The molecule has 13 nitrogen and oxygen atoms in total. The minimum absolute atomic E-state index is 0.0299. The summed E-state index contributed by atoms with van der Waals surface area (Å²) in [5.41, 5.74) is 3.48. The van der Waals surface area contributed by atoms with Gasteiger partial charge in [-0.1, -0.05) is 101 Å². The van der Waals surface area contributed by atoms with E-state index in [1.165, 1.54) is 44.9 Å². The fourth-order valence-corrected chi connectivity index (χ4v) is 10.9. The Bertz CT molecular complexity index is 2000. The van der Waals surface area contributed by atoms with Crippen molar-refractivity contribution in [1.82, 2.24) is 10.2 Å². The van der Waals surface area contributed by atoms with E-state index in [0.29, 0.717) is 55.4 Å². The molecule has 2 amide bonds. The van der Waals surface area contributed by atoms with Crippen molar-refractivity contribution in [2.75, 3.05) is 39.8 Å². The molecule has 2 aromatic rings. The second-order valence-electron chi connectivity index (χ2n) is 19.1. The van der Waals surface area contributed by atoms with Gasteiger partial charge in [-0.25, -0.2) is 4.79 Å². The zero-order valence-electron chi connectivity index (χ0n) is 40.2. The van der Waals surface area contributed by atoms with E-state index in [9.17, 15) is 19.8 Å². The minimum atomic E-state index is -1.40. The number of carbonyl (C=O) groups is 2. The molecule has 0 aromatic heterocycles. The lowest BCUT2D eigenvalue weighted by Gasteiger charge is -2.60. The van der Waals surface area contributed by atoms with Gasteiger partial charge in [0.25, 0.3) is 0 Å². The lowest BCUT2D eigenvalue weighted by atomic mass is 9.55. The summed E-state index contributed by atoms with van der Waals surface area (Å²) < 4.78 is 32.0. The van der Waals surface area contributed by atoms with Crippen LogP contribution in [0.15, 0.2) is 65.9 Å². The van der Waals surface area contributed by atoms with Crippen molar-refractivity contribution in [3.63, 3.8) is 0 Å². The molecule has 5 aliphatic rings. The molecule has 2 heterocycles. The SMILES string of the molecule is C=CCO[C@@]12Oc3ccc(OC(=O)NCCCCCCCCCCCC)cc3[C@H]3[C@H](CCCCO)[C@@H](CCCCO)C=C(C(=NOCC)C[C@@H]1N(Cc1ccc4c(c1)OCO4)C(=O)C1CC1)[C@H]32. The molecule has 7 rings (SSSR count). The van der Waals surface area contributed by atoms with Crippen molar-refractivity contribution < 1.29 is 48.3 Å². The van der Waals surface area contributed by atoms with Crippen molar-refractivity contribution in [3.05, 3.63) is 71.8 Å². The van der Waals surface area contributed by atoms with Crippen LogP contribution in [0.1, 0.15) is 153 Å². The summed E-state index contributed by atoms with van der Waals surface area (Å²) in [6.07, 6.45) is 22.2. The van der Waals surface area contributed by atoms with Gasteiger partial charge in [0.05, 0.1) is 18.2 Å². The lowest BCUT2D eigenvalue weighted by Crippen LogP contribution is -2.70. The van der Waals surface area contributed by atoms with Gasteiger partial charge in [-0.3, -0.25) is 4.79 Å². The van der Waals surface area contributed by atoms with Crippen LogP contribution in [0.5, 0.6) is 23.0 Å². The van der Waals surface area contributed by atoms with Crippen LogP contribution in [0.2, 0.25) is 0 Å². The van der Waals surface area contributed by atoms with Crippen molar-refractivity contribution in [2.45, 2.75) is 160 Å². The van der Waals surface area contributed by atoms with Crippen LogP contribution in [0, 0.1) is 23.7 Å². The van der Waals surface area contributed by atoms with Gasteiger partial charge in [0.1, 0.15) is 24.1 Å². The molecule has 0 radical (unpaired) electrons. The van der Waals surface area contributed by atoms with Gasteiger partial charge < -0.3 is 49.0 Å². The highest BCUT2D eigenvalue weighted by Gasteiger charge is 2.66. The number of amides is 2. The molecule has 0 saturated heterocycles. The zero-order chi connectivity index (χ0) is 47.0. The molecule has 0 spiro atoms. The number of nitrogens with zero attached hydrogens (tertiary/aromatic N) is 2. The van der Waals surface area contributed by atoms with Crippen LogP contribution in [-0.4, -0.2) is 84.4 Å². The number of aliphatic hydroxyl groups excluding tert-OH is 2. The van der Waals surface area contributed by atoms with E-state index in [-0.39, 0.29) is 62.7 Å². The number of unbranched alkanes of at least 4 members (excludes halogenated alkanes) is 11. The summed E-state index contributed by atoms with van der Waals surface area (Å²) >= 11 is 0. The zero-order valence-corrected chi connectivity index (χ0v) is 40.2. The summed E-state index contributed by atoms with van der Waals surface area (Å²) in [7, 11) is 0. The fraction of sp³-hybridized carbons (Fsp3) is 0.648. The number of fused-ring (bicyclic) bond motifs is 3. The standard InChI is InChI=1S/C54H77N3O10/c1-4-7-8-9-10-11-12-13-14-17-28-55-53(61)66-41-25-27-46-44(34-41)50-42(21-16-19-30-59)40(20-15-18-29-58)33-43-45(56-65-6-3)35-49(54(67-46,51(43)50)64-31-5-2)57(52(60)39-23-24-39)36-38-22-26-47-48(32-38)63-37-62-47/h5,22,25-27,32-34,39-40,42,49-51,58-59H,2,4,6-21,23-24,28-31,35-37H2,1,3H3,(H,55,61)/t40-,42+,49-,50+,51+,54+/m0/s1. The third kappa shape index (κ3) is 12.6. The second-order valence-corrected chi connectivity index (χ2v) is 19.1. The molecule has 0 unspecified atom stereocenters. The molecule has 6 atom stereocenters. The van der Waals surface area contributed by atoms with Crippen molar-refractivity contribution in [3.8, 4) is 23.0 Å². The first-order chi connectivity index (χ1) is 32.8. The number of benzene rings is 2. The van der Waals surface area contributed by atoms with Crippen LogP contribution in [0.25, 0.3) is 0 Å². The number of aliphatic hydroxyl groups is 2. The van der Waals surface area contributed by atoms with Crippen LogP contribution >= 0.6 is 0 Å². The Morgan fingerprint density at radius 1 is 0.881 bits per heavy atom. The van der Waals surface area contributed by atoms with Gasteiger partial charge in [-0.05, 0) is 105 Å². The number of carbonyl (C=O) groups excluding carboxylic acids is 2. The number of hydrogen-bond donors (Lipinski definition) is 3. The Morgan fingerprint density at radius 2 is 1.60 bits per heavy atom. The number of oxime groups is 1. The maximum absolute atomic E-state index is 14.9. The molecule has 2 aromatic carbocycles. The van der Waals surface area contributed by atoms with Crippen LogP contribution in [-0.2, 0) is 20.9 Å². The van der Waals surface area contributed by atoms with Gasteiger partial charge in [-0.2, -0.15) is 0 Å². The molecule has 2 saturated carbocycles. The average Bonchev–Trinajstić information content (AvgIpc) is 4.09. The first-order valence-corrected chi connectivity index (χ1v) is 25.7. The molecule has 2 aliphatic heterocycles. The van der Waals surface area contributed by atoms with E-state index in [1.807, 2.05) is 42.2 Å². The number of ether oxygens (including phenoxy) is 5. The number of rotatable bonds is 29. The second kappa shape index (κ2) is 25.1. The maximum Gasteiger partial charge on any atom is 0.412 e. The Labute approximate surface area is 398 Å². The topological polar surface area (TPSA) is 158 Å². The predicted molar refractivity (Wildman–Crippen MR) is 258 cm³/mol. The normalized spacial score (nSPS) is 24.0. The summed E-state index contributed by atoms with van der Waals surface area (Å²) in [5, 5.41) is 27.8. The van der Waals surface area contributed by atoms with Crippen molar-refractivity contribution >= 4 is 17.7 Å². The van der Waals surface area contributed by atoms with E-state index in [1.54, 1.807) is 12.1 Å². The van der Waals surface area contributed by atoms with Crippen LogP contribution < -0.4 is 24.3 Å². The summed E-state index contributed by atoms with van der Waals surface area (Å²) in [4.78, 5) is 36.1. The van der Waals surface area contributed by atoms with Gasteiger partial charge in [0.15, 0.2) is 11.5 Å². The third-order valence-corrected chi connectivity index (χ3v) is 14.3. The summed E-state index contributed by atoms with van der Waals surface area (Å²) in [6.45, 7) is 9.89. The molecule has 13 heteroatoms.